The smallest absolute Gasteiger partial charge is 0.271 e. The molecule has 1 amide bonds. The summed E-state index contributed by atoms with van der Waals surface area (Å²) < 4.78 is 5.28. The average Bonchev–Trinajstić information content (AvgIpc) is 2.46. The highest BCUT2D eigenvalue weighted by Crippen LogP contribution is 2.13. The number of nitrogens with one attached hydrogen (secondary N) is 2. The fourth-order valence-electron chi connectivity index (χ4n) is 1.87. The van der Waals surface area contributed by atoms with E-state index in [0.717, 1.165) is 26.1 Å². The van der Waals surface area contributed by atoms with E-state index in [1.54, 1.807) is 13.2 Å². The van der Waals surface area contributed by atoms with Gasteiger partial charge in [-0.2, -0.15) is 0 Å². The van der Waals surface area contributed by atoms with Gasteiger partial charge >= 0.3 is 0 Å². The first kappa shape index (κ1) is 12.8. The van der Waals surface area contributed by atoms with Gasteiger partial charge in [0.1, 0.15) is 11.5 Å². The second-order valence-electron chi connectivity index (χ2n) is 4.31. The summed E-state index contributed by atoms with van der Waals surface area (Å²) in [7, 11) is 1.74. The van der Waals surface area contributed by atoms with E-state index in [1.807, 2.05) is 0 Å². The standard InChI is InChI=1S/C12H18N4O2/c1-13-11-8-14-7-10(16-11)12(17)15-6-9-2-4-18-5-3-9/h7-9H,2-6H2,1H3,(H,13,16)(H,15,17). The quantitative estimate of drug-likeness (QED) is 0.821. The predicted molar refractivity (Wildman–Crippen MR) is 67.5 cm³/mol. The number of amides is 1. The van der Waals surface area contributed by atoms with Crippen LogP contribution in [0.15, 0.2) is 12.4 Å². The monoisotopic (exact) mass is 250 g/mol. The normalized spacial score (nSPS) is 16.3. The van der Waals surface area contributed by atoms with Crippen LogP contribution in [0.25, 0.3) is 0 Å². The molecule has 1 aliphatic heterocycles. The van der Waals surface area contributed by atoms with Crippen molar-refractivity contribution in [1.82, 2.24) is 15.3 Å². The van der Waals surface area contributed by atoms with Gasteiger partial charge in [-0.15, -0.1) is 0 Å². The molecule has 0 saturated carbocycles. The van der Waals surface area contributed by atoms with Crippen LogP contribution in [0.3, 0.4) is 0 Å². The molecular weight excluding hydrogens is 232 g/mol. The number of hydrogen-bond donors (Lipinski definition) is 2. The van der Waals surface area contributed by atoms with Gasteiger partial charge < -0.3 is 15.4 Å². The lowest BCUT2D eigenvalue weighted by Crippen LogP contribution is -2.32. The van der Waals surface area contributed by atoms with Crippen molar-refractivity contribution in [1.29, 1.82) is 0 Å². The van der Waals surface area contributed by atoms with Crippen molar-refractivity contribution in [2.24, 2.45) is 5.92 Å². The zero-order valence-corrected chi connectivity index (χ0v) is 10.5. The van der Waals surface area contributed by atoms with Crippen LogP contribution >= 0.6 is 0 Å². The number of hydrogen-bond acceptors (Lipinski definition) is 5. The van der Waals surface area contributed by atoms with E-state index >= 15 is 0 Å². The summed E-state index contributed by atoms with van der Waals surface area (Å²) in [6.45, 7) is 2.25. The molecule has 6 heteroatoms. The van der Waals surface area contributed by atoms with Gasteiger partial charge in [0, 0.05) is 26.8 Å². The number of carbonyl (C=O) groups is 1. The van der Waals surface area contributed by atoms with Crippen LogP contribution in [-0.4, -0.2) is 42.7 Å². The van der Waals surface area contributed by atoms with Crippen molar-refractivity contribution >= 4 is 11.7 Å². The molecule has 0 radical (unpaired) electrons. The Balaban J connectivity index is 1.86. The van der Waals surface area contributed by atoms with Crippen LogP contribution in [0.4, 0.5) is 5.82 Å². The maximum Gasteiger partial charge on any atom is 0.271 e. The van der Waals surface area contributed by atoms with Gasteiger partial charge in [-0.05, 0) is 18.8 Å². The lowest BCUT2D eigenvalue weighted by Gasteiger charge is -2.22. The number of ether oxygens (including phenoxy) is 1. The molecule has 1 fully saturated rings. The van der Waals surface area contributed by atoms with Gasteiger partial charge in [0.15, 0.2) is 0 Å². The molecule has 2 heterocycles. The zero-order valence-electron chi connectivity index (χ0n) is 10.5. The van der Waals surface area contributed by atoms with Crippen molar-refractivity contribution < 1.29 is 9.53 Å². The highest BCUT2D eigenvalue weighted by molar-refractivity contribution is 5.92. The first-order valence-corrected chi connectivity index (χ1v) is 6.15. The number of rotatable bonds is 4. The summed E-state index contributed by atoms with van der Waals surface area (Å²) in [6.07, 6.45) is 5.06. The minimum Gasteiger partial charge on any atom is -0.381 e. The zero-order chi connectivity index (χ0) is 12.8. The van der Waals surface area contributed by atoms with Crippen molar-refractivity contribution in [3.63, 3.8) is 0 Å². The van der Waals surface area contributed by atoms with E-state index in [9.17, 15) is 4.79 Å². The van der Waals surface area contributed by atoms with E-state index in [4.69, 9.17) is 4.74 Å². The number of carbonyl (C=O) groups excluding carboxylic acids is 1. The summed E-state index contributed by atoms with van der Waals surface area (Å²) in [5.74, 6) is 0.919. The Hall–Kier alpha value is -1.69. The molecule has 0 atom stereocenters. The molecule has 1 saturated heterocycles. The van der Waals surface area contributed by atoms with E-state index in [1.165, 1.54) is 6.20 Å². The Kier molecular flexibility index (Phi) is 4.46. The van der Waals surface area contributed by atoms with Crippen molar-refractivity contribution in [3.8, 4) is 0 Å². The van der Waals surface area contributed by atoms with Crippen molar-refractivity contribution in [2.75, 3.05) is 32.1 Å². The summed E-state index contributed by atoms with van der Waals surface area (Å²) in [5, 5.41) is 5.75. The summed E-state index contributed by atoms with van der Waals surface area (Å²) in [4.78, 5) is 20.0. The molecule has 1 aliphatic rings. The van der Waals surface area contributed by atoms with E-state index in [0.29, 0.717) is 24.0 Å². The third-order valence-electron chi connectivity index (χ3n) is 3.02. The molecule has 0 bridgehead atoms. The van der Waals surface area contributed by atoms with Gasteiger partial charge in [-0.25, -0.2) is 4.98 Å². The van der Waals surface area contributed by atoms with Crippen molar-refractivity contribution in [3.05, 3.63) is 18.1 Å². The molecule has 18 heavy (non-hydrogen) atoms. The van der Waals surface area contributed by atoms with E-state index in [2.05, 4.69) is 20.6 Å². The Bertz CT molecular complexity index is 405. The lowest BCUT2D eigenvalue weighted by molar-refractivity contribution is 0.0642. The summed E-state index contributed by atoms with van der Waals surface area (Å²) in [6, 6.07) is 0. The lowest BCUT2D eigenvalue weighted by atomic mass is 10.0. The molecule has 98 valence electrons. The SMILES string of the molecule is CNc1cncc(C(=O)NCC2CCOCC2)n1. The molecule has 6 nitrogen and oxygen atoms in total. The fraction of sp³-hybridized carbons (Fsp3) is 0.583. The highest BCUT2D eigenvalue weighted by Gasteiger charge is 2.15. The van der Waals surface area contributed by atoms with Crippen LogP contribution in [0, 0.1) is 5.92 Å². The van der Waals surface area contributed by atoms with Gasteiger partial charge in [0.05, 0.1) is 12.4 Å². The second-order valence-corrected chi connectivity index (χ2v) is 4.31. The maximum absolute atomic E-state index is 11.9. The number of nitrogens with zero attached hydrogens (tertiary/aromatic N) is 2. The second kappa shape index (κ2) is 6.30. The molecule has 0 unspecified atom stereocenters. The van der Waals surface area contributed by atoms with Gasteiger partial charge in [0.2, 0.25) is 0 Å². The molecule has 2 rings (SSSR count). The predicted octanol–water partition coefficient (Wildman–Crippen LogP) is 0.675. The third kappa shape index (κ3) is 3.40. The molecule has 0 aromatic carbocycles. The summed E-state index contributed by atoms with van der Waals surface area (Å²) in [5.41, 5.74) is 0.342. The number of aromatic nitrogens is 2. The van der Waals surface area contributed by atoms with Crippen LogP contribution in [0.5, 0.6) is 0 Å². The van der Waals surface area contributed by atoms with E-state index < -0.39 is 0 Å². The molecule has 2 N–H and O–H groups in total. The summed E-state index contributed by atoms with van der Waals surface area (Å²) >= 11 is 0. The molecule has 0 spiro atoms. The molecular formula is C12H18N4O2. The average molecular weight is 250 g/mol. The molecule has 1 aromatic heterocycles. The van der Waals surface area contributed by atoms with Crippen LogP contribution < -0.4 is 10.6 Å². The Morgan fingerprint density at radius 2 is 2.22 bits per heavy atom. The van der Waals surface area contributed by atoms with Crippen LogP contribution in [0.2, 0.25) is 0 Å². The fourth-order valence-corrected chi connectivity index (χ4v) is 1.87. The molecule has 1 aromatic rings. The van der Waals surface area contributed by atoms with Gasteiger partial charge in [0.25, 0.3) is 5.91 Å². The first-order valence-electron chi connectivity index (χ1n) is 6.15. The first-order chi connectivity index (χ1) is 8.79. The number of anilines is 1. The Morgan fingerprint density at radius 1 is 1.44 bits per heavy atom. The maximum atomic E-state index is 11.9. The van der Waals surface area contributed by atoms with Crippen LogP contribution in [-0.2, 0) is 4.74 Å². The van der Waals surface area contributed by atoms with Gasteiger partial charge in [-0.1, -0.05) is 0 Å². The Labute approximate surface area is 106 Å². The molecule has 0 aliphatic carbocycles. The van der Waals surface area contributed by atoms with Crippen LogP contribution in [0.1, 0.15) is 23.3 Å². The topological polar surface area (TPSA) is 76.1 Å². The Morgan fingerprint density at radius 3 is 2.94 bits per heavy atom. The largest absolute Gasteiger partial charge is 0.381 e. The minimum absolute atomic E-state index is 0.175. The minimum atomic E-state index is -0.175. The van der Waals surface area contributed by atoms with E-state index in [-0.39, 0.29) is 5.91 Å². The highest BCUT2D eigenvalue weighted by atomic mass is 16.5. The van der Waals surface area contributed by atoms with Gasteiger partial charge in [-0.3, -0.25) is 9.78 Å². The van der Waals surface area contributed by atoms with Crippen molar-refractivity contribution in [2.45, 2.75) is 12.8 Å². The third-order valence-corrected chi connectivity index (χ3v) is 3.02.